The second-order valence-corrected chi connectivity index (χ2v) is 6.06. The van der Waals surface area contributed by atoms with Gasteiger partial charge in [0.2, 0.25) is 0 Å². The summed E-state index contributed by atoms with van der Waals surface area (Å²) in [6.07, 6.45) is 2.48. The van der Waals surface area contributed by atoms with Gasteiger partial charge in [0.1, 0.15) is 0 Å². The number of aryl methyl sites for hydroxylation is 1. The van der Waals surface area contributed by atoms with Crippen LogP contribution in [0.25, 0.3) is 0 Å². The number of allylic oxidation sites excluding steroid dienone is 2. The van der Waals surface area contributed by atoms with Crippen LogP contribution in [0, 0.1) is 12.8 Å². The lowest BCUT2D eigenvalue weighted by molar-refractivity contribution is 0.168. The Morgan fingerprint density at radius 2 is 1.89 bits per heavy atom. The van der Waals surface area contributed by atoms with Crippen molar-refractivity contribution in [3.8, 4) is 0 Å². The highest BCUT2D eigenvalue weighted by Gasteiger charge is 2.21. The summed E-state index contributed by atoms with van der Waals surface area (Å²) in [6, 6.07) is 7.49. The highest BCUT2D eigenvalue weighted by Crippen LogP contribution is 2.22. The minimum absolute atomic E-state index is 0.0191. The Bertz CT molecular complexity index is 458. The summed E-state index contributed by atoms with van der Waals surface area (Å²) in [5.74, 6) is 0.0191. The van der Waals surface area contributed by atoms with E-state index in [-0.39, 0.29) is 5.92 Å². The van der Waals surface area contributed by atoms with Crippen LogP contribution in [0.4, 0.5) is 0 Å². The van der Waals surface area contributed by atoms with Gasteiger partial charge in [0.25, 0.3) is 0 Å². The normalized spacial score (nSPS) is 15.5. The van der Waals surface area contributed by atoms with Gasteiger partial charge in [-0.25, -0.2) is 4.21 Å². The zero-order chi connectivity index (χ0) is 13.7. The molecule has 0 aliphatic carbocycles. The van der Waals surface area contributed by atoms with Crippen molar-refractivity contribution >= 4 is 10.8 Å². The maximum atomic E-state index is 12.4. The molecule has 0 unspecified atom stereocenters. The van der Waals surface area contributed by atoms with Gasteiger partial charge in [0.15, 0.2) is 0 Å². The van der Waals surface area contributed by atoms with Crippen LogP contribution in [0.2, 0.25) is 0 Å². The van der Waals surface area contributed by atoms with E-state index in [0.717, 1.165) is 5.56 Å². The van der Waals surface area contributed by atoms with E-state index in [1.165, 1.54) is 0 Å². The van der Waals surface area contributed by atoms with Gasteiger partial charge in [-0.05, 0) is 31.1 Å². The Labute approximate surface area is 112 Å². The van der Waals surface area contributed by atoms with Crippen molar-refractivity contribution in [2.45, 2.75) is 31.8 Å². The van der Waals surface area contributed by atoms with Gasteiger partial charge >= 0.3 is 0 Å². The van der Waals surface area contributed by atoms with Crippen molar-refractivity contribution < 1.29 is 9.32 Å². The first-order chi connectivity index (χ1) is 8.47. The zero-order valence-corrected chi connectivity index (χ0v) is 11.9. The molecule has 3 heteroatoms. The van der Waals surface area contributed by atoms with E-state index in [9.17, 15) is 9.32 Å². The lowest BCUT2D eigenvalue weighted by Gasteiger charge is -2.17. The molecule has 0 bridgehead atoms. The third-order valence-corrected chi connectivity index (χ3v) is 4.16. The number of rotatable bonds is 5. The van der Waals surface area contributed by atoms with Gasteiger partial charge < -0.3 is 5.11 Å². The topological polar surface area (TPSA) is 37.3 Å². The van der Waals surface area contributed by atoms with Gasteiger partial charge in [-0.3, -0.25) is 0 Å². The third-order valence-electron chi connectivity index (χ3n) is 2.65. The predicted molar refractivity (Wildman–Crippen MR) is 76.7 cm³/mol. The smallest absolute Gasteiger partial charge is 0.0899 e. The minimum atomic E-state index is -1.34. The molecule has 0 amide bonds. The molecule has 1 aromatic rings. The molecule has 0 saturated carbocycles. The van der Waals surface area contributed by atoms with Crippen LogP contribution in [0.5, 0.6) is 0 Å². The highest BCUT2D eigenvalue weighted by molar-refractivity contribution is 7.89. The molecule has 0 saturated heterocycles. The average molecular weight is 264 g/mol. The molecule has 18 heavy (non-hydrogen) atoms. The Morgan fingerprint density at radius 1 is 1.33 bits per heavy atom. The molecule has 0 heterocycles. The van der Waals surface area contributed by atoms with Crippen LogP contribution in [0.3, 0.4) is 0 Å². The molecule has 1 N–H and O–H groups in total. The van der Waals surface area contributed by atoms with Gasteiger partial charge in [-0.15, -0.1) is 0 Å². The van der Waals surface area contributed by atoms with E-state index >= 15 is 0 Å². The third kappa shape index (κ3) is 3.65. The van der Waals surface area contributed by atoms with Crippen molar-refractivity contribution in [1.82, 2.24) is 0 Å². The molecule has 1 aromatic carbocycles. The van der Waals surface area contributed by atoms with E-state index in [0.29, 0.717) is 9.80 Å². The first kappa shape index (κ1) is 14.9. The number of aliphatic hydroxyl groups is 1. The molecular formula is C15H20O2S. The van der Waals surface area contributed by atoms with E-state index < -0.39 is 16.9 Å². The molecule has 0 fully saturated rings. The van der Waals surface area contributed by atoms with E-state index in [1.54, 1.807) is 12.2 Å². The largest absolute Gasteiger partial charge is 0.388 e. The van der Waals surface area contributed by atoms with Crippen molar-refractivity contribution in [2.75, 3.05) is 0 Å². The van der Waals surface area contributed by atoms with Crippen molar-refractivity contribution in [2.24, 2.45) is 5.92 Å². The molecule has 2 atom stereocenters. The first-order valence-electron chi connectivity index (χ1n) is 5.96. The van der Waals surface area contributed by atoms with Crippen LogP contribution in [-0.2, 0) is 10.8 Å². The van der Waals surface area contributed by atoms with E-state index in [4.69, 9.17) is 0 Å². The minimum Gasteiger partial charge on any atom is -0.388 e. The summed E-state index contributed by atoms with van der Waals surface area (Å²) in [7, 11) is -1.34. The Balaban J connectivity index is 3.08. The van der Waals surface area contributed by atoms with E-state index in [2.05, 4.69) is 6.58 Å². The second kappa shape index (κ2) is 6.66. The van der Waals surface area contributed by atoms with Crippen LogP contribution >= 0.6 is 0 Å². The quantitative estimate of drug-likeness (QED) is 0.829. The number of aliphatic hydroxyl groups excluding tert-OH is 1. The van der Waals surface area contributed by atoms with Crippen LogP contribution in [0.15, 0.2) is 52.8 Å². The molecule has 0 aromatic heterocycles. The van der Waals surface area contributed by atoms with E-state index in [1.807, 2.05) is 45.0 Å². The average Bonchev–Trinajstić information content (AvgIpc) is 2.35. The molecule has 2 nitrogen and oxygen atoms in total. The van der Waals surface area contributed by atoms with Gasteiger partial charge in [0, 0.05) is 9.80 Å². The number of benzene rings is 1. The number of hydrogen-bond acceptors (Lipinski definition) is 2. The standard InChI is InChI=1S/C15H20O2S/c1-5-6-14(15(16)11(2)3)18(17)13-9-7-12(4)8-10-13/h5-11,15-16H,1H2,2-4H3/b14-6+/t15-,18-/m0/s1. The molecule has 0 aliphatic rings. The van der Waals surface area contributed by atoms with Crippen LogP contribution in [0.1, 0.15) is 19.4 Å². The summed E-state index contributed by atoms with van der Waals surface area (Å²) in [6.45, 7) is 9.39. The lowest BCUT2D eigenvalue weighted by atomic mass is 10.1. The van der Waals surface area contributed by atoms with Crippen molar-refractivity contribution in [3.05, 3.63) is 53.5 Å². The Kier molecular flexibility index (Phi) is 5.51. The molecule has 0 aliphatic heterocycles. The van der Waals surface area contributed by atoms with Gasteiger partial charge in [-0.2, -0.15) is 0 Å². The molecule has 1 rings (SSSR count). The predicted octanol–water partition coefficient (Wildman–Crippen LogP) is 3.19. The fraction of sp³-hybridized carbons (Fsp3) is 0.333. The summed E-state index contributed by atoms with van der Waals surface area (Å²) in [4.78, 5) is 1.21. The highest BCUT2D eigenvalue weighted by atomic mass is 32.2. The van der Waals surface area contributed by atoms with Crippen LogP contribution in [-0.4, -0.2) is 15.4 Å². The van der Waals surface area contributed by atoms with Crippen molar-refractivity contribution in [3.63, 3.8) is 0 Å². The molecule has 98 valence electrons. The Hall–Kier alpha value is -1.19. The molecule has 0 radical (unpaired) electrons. The van der Waals surface area contributed by atoms with Crippen molar-refractivity contribution in [1.29, 1.82) is 0 Å². The summed E-state index contributed by atoms with van der Waals surface area (Å²) in [5, 5.41) is 10.1. The maximum Gasteiger partial charge on any atom is 0.0899 e. The summed E-state index contributed by atoms with van der Waals surface area (Å²) in [5.41, 5.74) is 1.12. The number of hydrogen-bond donors (Lipinski definition) is 1. The molecular weight excluding hydrogens is 244 g/mol. The first-order valence-corrected chi connectivity index (χ1v) is 7.11. The molecule has 0 spiro atoms. The summed E-state index contributed by atoms with van der Waals surface area (Å²) >= 11 is 0. The lowest BCUT2D eigenvalue weighted by Crippen LogP contribution is -2.20. The zero-order valence-electron chi connectivity index (χ0n) is 11.1. The maximum absolute atomic E-state index is 12.4. The summed E-state index contributed by atoms with van der Waals surface area (Å²) < 4.78 is 12.4. The van der Waals surface area contributed by atoms with Gasteiger partial charge in [0.05, 0.1) is 16.9 Å². The monoisotopic (exact) mass is 264 g/mol. The van der Waals surface area contributed by atoms with Crippen LogP contribution < -0.4 is 0 Å². The fourth-order valence-electron chi connectivity index (χ4n) is 1.51. The SMILES string of the molecule is C=C/C=C(\[C@@H](O)C(C)C)[S@@](=O)c1ccc(C)cc1. The Morgan fingerprint density at radius 3 is 2.33 bits per heavy atom. The second-order valence-electron chi connectivity index (χ2n) is 4.58. The fourth-order valence-corrected chi connectivity index (χ4v) is 2.88. The van der Waals surface area contributed by atoms with Gasteiger partial charge in [-0.1, -0.05) is 44.2 Å².